The fraction of sp³-hybridized carbons (Fsp3) is 0.857. The largest absolute Gasteiger partial charge is 0.385 e. The summed E-state index contributed by atoms with van der Waals surface area (Å²) in [6.45, 7) is 3.33. The minimum atomic E-state index is -0.468. The third-order valence-corrected chi connectivity index (χ3v) is 3.58. The van der Waals surface area contributed by atoms with Gasteiger partial charge in [0.05, 0.1) is 12.6 Å². The van der Waals surface area contributed by atoms with Crippen molar-refractivity contribution in [3.63, 3.8) is 0 Å². The topological polar surface area (TPSA) is 79.1 Å². The normalized spacial score (nSPS) is 17.2. The van der Waals surface area contributed by atoms with E-state index < -0.39 is 6.04 Å². The predicted octanol–water partition coefficient (Wildman–Crippen LogP) is -1.03. The van der Waals surface area contributed by atoms with Gasteiger partial charge in [0.2, 0.25) is 11.8 Å². The molecule has 1 atom stereocenters. The summed E-state index contributed by atoms with van der Waals surface area (Å²) in [7, 11) is 5.38. The maximum atomic E-state index is 12.2. The first-order valence-corrected chi connectivity index (χ1v) is 7.41. The van der Waals surface area contributed by atoms with Crippen LogP contribution in [0.25, 0.3) is 0 Å². The summed E-state index contributed by atoms with van der Waals surface area (Å²) in [5.74, 6) is 0.0855. The molecule has 0 radical (unpaired) electrons. The van der Waals surface area contributed by atoms with Crippen LogP contribution in [0.5, 0.6) is 0 Å². The van der Waals surface area contributed by atoms with Crippen LogP contribution in [0.15, 0.2) is 0 Å². The summed E-state index contributed by atoms with van der Waals surface area (Å²) in [6.07, 6.45) is 1.41. The van der Waals surface area contributed by atoms with Gasteiger partial charge >= 0.3 is 0 Å². The van der Waals surface area contributed by atoms with Gasteiger partial charge in [-0.2, -0.15) is 0 Å². The number of methoxy groups -OCH3 is 1. The van der Waals surface area contributed by atoms with Crippen molar-refractivity contribution < 1.29 is 14.3 Å². The number of amides is 2. The van der Waals surface area contributed by atoms with E-state index in [0.29, 0.717) is 45.8 Å². The first kappa shape index (κ1) is 17.9. The number of nitrogens with two attached hydrogens (primary N) is 1. The van der Waals surface area contributed by atoms with E-state index in [1.165, 1.54) is 0 Å². The quantitative estimate of drug-likeness (QED) is 0.608. The molecule has 0 aromatic rings. The molecule has 122 valence electrons. The summed E-state index contributed by atoms with van der Waals surface area (Å²) in [5, 5.41) is 0. The first-order valence-electron chi connectivity index (χ1n) is 7.41. The zero-order valence-electron chi connectivity index (χ0n) is 13.4. The van der Waals surface area contributed by atoms with Gasteiger partial charge in [-0.25, -0.2) is 0 Å². The molecule has 1 saturated heterocycles. The molecule has 2 amide bonds. The van der Waals surface area contributed by atoms with Crippen LogP contribution in [0.1, 0.15) is 12.8 Å². The van der Waals surface area contributed by atoms with E-state index >= 15 is 0 Å². The Kier molecular flexibility index (Phi) is 7.63. The van der Waals surface area contributed by atoms with E-state index in [0.717, 1.165) is 6.42 Å². The summed E-state index contributed by atoms with van der Waals surface area (Å²) in [6, 6.07) is -0.468. The minimum Gasteiger partial charge on any atom is -0.385 e. The van der Waals surface area contributed by atoms with Crippen molar-refractivity contribution in [2.24, 2.45) is 5.73 Å². The summed E-state index contributed by atoms with van der Waals surface area (Å²) < 4.78 is 4.96. The Balaban J connectivity index is 2.34. The fourth-order valence-electron chi connectivity index (χ4n) is 2.35. The predicted molar refractivity (Wildman–Crippen MR) is 80.8 cm³/mol. The monoisotopic (exact) mass is 300 g/mol. The van der Waals surface area contributed by atoms with Crippen molar-refractivity contribution in [1.29, 1.82) is 0 Å². The van der Waals surface area contributed by atoms with Crippen LogP contribution in [0, 0.1) is 0 Å². The maximum Gasteiger partial charge on any atom is 0.239 e. The summed E-state index contributed by atoms with van der Waals surface area (Å²) in [5.41, 5.74) is 5.92. The highest BCUT2D eigenvalue weighted by atomic mass is 16.5. The molecule has 7 nitrogen and oxygen atoms in total. The molecule has 1 rings (SSSR count). The van der Waals surface area contributed by atoms with Crippen LogP contribution in [-0.4, -0.2) is 93.1 Å². The van der Waals surface area contributed by atoms with E-state index in [-0.39, 0.29) is 11.8 Å². The molecule has 1 aliphatic heterocycles. The van der Waals surface area contributed by atoms with Crippen LogP contribution in [0.3, 0.4) is 0 Å². The highest BCUT2D eigenvalue weighted by molar-refractivity contribution is 5.82. The van der Waals surface area contributed by atoms with Gasteiger partial charge in [0.25, 0.3) is 0 Å². The number of carbonyl (C=O) groups is 2. The third-order valence-electron chi connectivity index (χ3n) is 3.58. The van der Waals surface area contributed by atoms with E-state index in [1.54, 1.807) is 16.9 Å². The lowest BCUT2D eigenvalue weighted by molar-refractivity contribution is -0.140. The number of rotatable bonds is 7. The van der Waals surface area contributed by atoms with Crippen molar-refractivity contribution in [1.82, 2.24) is 14.7 Å². The number of likely N-dealkylation sites (N-methyl/N-ethyl adjacent to an activating group) is 1. The SMILES string of the molecule is COCCCC(N)C(=O)N1CCN(C(=O)CN(C)C)CC1. The van der Waals surface area contributed by atoms with Gasteiger partial charge in [-0.3, -0.25) is 9.59 Å². The maximum absolute atomic E-state index is 12.2. The number of hydrogen-bond donors (Lipinski definition) is 1. The average Bonchev–Trinajstić information content (AvgIpc) is 2.46. The summed E-state index contributed by atoms with van der Waals surface area (Å²) >= 11 is 0. The molecule has 0 spiro atoms. The molecule has 0 saturated carbocycles. The standard InChI is InChI=1S/C14H28N4O3/c1-16(2)11-13(19)17-6-8-18(9-7-17)14(20)12(15)5-4-10-21-3/h12H,4-11,15H2,1-3H3. The van der Waals surface area contributed by atoms with Gasteiger partial charge in [0, 0.05) is 39.9 Å². The Labute approximate surface area is 127 Å². The molecule has 1 heterocycles. The number of carbonyl (C=O) groups excluding carboxylic acids is 2. The van der Waals surface area contributed by atoms with Crippen molar-refractivity contribution in [3.05, 3.63) is 0 Å². The number of hydrogen-bond acceptors (Lipinski definition) is 5. The van der Waals surface area contributed by atoms with Crippen LogP contribution < -0.4 is 5.73 Å². The molecule has 0 bridgehead atoms. The van der Waals surface area contributed by atoms with E-state index in [2.05, 4.69) is 0 Å². The highest BCUT2D eigenvalue weighted by Gasteiger charge is 2.26. The van der Waals surface area contributed by atoms with Crippen molar-refractivity contribution >= 4 is 11.8 Å². The van der Waals surface area contributed by atoms with Crippen molar-refractivity contribution in [2.75, 3.05) is 60.5 Å². The zero-order chi connectivity index (χ0) is 15.8. The van der Waals surface area contributed by atoms with Crippen LogP contribution in [0.2, 0.25) is 0 Å². The third kappa shape index (κ3) is 5.99. The second-order valence-corrected chi connectivity index (χ2v) is 5.69. The minimum absolute atomic E-state index is 0.0224. The molecular formula is C14H28N4O3. The molecule has 1 unspecified atom stereocenters. The van der Waals surface area contributed by atoms with E-state index in [1.807, 2.05) is 19.0 Å². The van der Waals surface area contributed by atoms with Gasteiger partial charge < -0.3 is 25.2 Å². The second-order valence-electron chi connectivity index (χ2n) is 5.69. The van der Waals surface area contributed by atoms with Gasteiger partial charge in [0.15, 0.2) is 0 Å². The molecule has 2 N–H and O–H groups in total. The molecule has 0 aromatic heterocycles. The van der Waals surface area contributed by atoms with Crippen molar-refractivity contribution in [3.8, 4) is 0 Å². The Morgan fingerprint density at radius 3 is 2.29 bits per heavy atom. The van der Waals surface area contributed by atoms with E-state index in [9.17, 15) is 9.59 Å². The number of nitrogens with zero attached hydrogens (tertiary/aromatic N) is 3. The fourth-order valence-corrected chi connectivity index (χ4v) is 2.35. The van der Waals surface area contributed by atoms with Gasteiger partial charge in [-0.05, 0) is 26.9 Å². The lowest BCUT2D eigenvalue weighted by Gasteiger charge is -2.36. The van der Waals surface area contributed by atoms with Gasteiger partial charge in [-0.15, -0.1) is 0 Å². The molecule has 7 heteroatoms. The Morgan fingerprint density at radius 2 is 1.76 bits per heavy atom. The Hall–Kier alpha value is -1.18. The first-order chi connectivity index (χ1) is 9.95. The Bertz CT molecular complexity index is 341. The highest BCUT2D eigenvalue weighted by Crippen LogP contribution is 2.07. The average molecular weight is 300 g/mol. The van der Waals surface area contributed by atoms with Gasteiger partial charge in [-0.1, -0.05) is 0 Å². The van der Waals surface area contributed by atoms with Crippen LogP contribution in [-0.2, 0) is 14.3 Å². The molecule has 1 aliphatic rings. The number of piperazine rings is 1. The molecule has 21 heavy (non-hydrogen) atoms. The lowest BCUT2D eigenvalue weighted by Crippen LogP contribution is -2.55. The molecular weight excluding hydrogens is 272 g/mol. The summed E-state index contributed by atoms with van der Waals surface area (Å²) in [4.78, 5) is 29.5. The van der Waals surface area contributed by atoms with Gasteiger partial charge in [0.1, 0.15) is 0 Å². The molecule has 1 fully saturated rings. The number of ether oxygens (including phenoxy) is 1. The second kappa shape index (κ2) is 8.96. The van der Waals surface area contributed by atoms with E-state index in [4.69, 9.17) is 10.5 Å². The smallest absolute Gasteiger partial charge is 0.239 e. The Morgan fingerprint density at radius 1 is 1.19 bits per heavy atom. The van der Waals surface area contributed by atoms with Crippen LogP contribution >= 0.6 is 0 Å². The van der Waals surface area contributed by atoms with Crippen molar-refractivity contribution in [2.45, 2.75) is 18.9 Å². The zero-order valence-corrected chi connectivity index (χ0v) is 13.4. The molecule has 0 aliphatic carbocycles. The molecule has 0 aromatic carbocycles. The lowest BCUT2D eigenvalue weighted by atomic mass is 10.1. The van der Waals surface area contributed by atoms with Crippen LogP contribution in [0.4, 0.5) is 0 Å².